The highest BCUT2D eigenvalue weighted by atomic mass is 35.5. The number of nitrogens with zero attached hydrogens (tertiary/aromatic N) is 2. The zero-order valence-electron chi connectivity index (χ0n) is 14.7. The first-order valence-corrected chi connectivity index (χ1v) is 8.68. The van der Waals surface area contributed by atoms with Crippen LogP contribution >= 0.6 is 11.6 Å². The van der Waals surface area contributed by atoms with E-state index in [4.69, 9.17) is 11.6 Å². The van der Waals surface area contributed by atoms with Crippen LogP contribution in [0.1, 0.15) is 44.2 Å². The van der Waals surface area contributed by atoms with Gasteiger partial charge in [0, 0.05) is 23.8 Å². The van der Waals surface area contributed by atoms with Crippen LogP contribution in [-0.2, 0) is 0 Å². The second-order valence-corrected chi connectivity index (χ2v) is 7.55. The van der Waals surface area contributed by atoms with Gasteiger partial charge in [-0.25, -0.2) is 0 Å². The SMILES string of the molecule is CC1CC(C)(C)N(C)c2cc(Cl)c(/C=N\Nc3ccccc3)cc21. The fraction of sp³-hybridized carbons (Fsp3) is 0.350. The van der Waals surface area contributed by atoms with Gasteiger partial charge in [-0.05, 0) is 56.0 Å². The van der Waals surface area contributed by atoms with Gasteiger partial charge in [-0.2, -0.15) is 5.10 Å². The fourth-order valence-electron chi connectivity index (χ4n) is 3.39. The molecule has 126 valence electrons. The van der Waals surface area contributed by atoms with Crippen molar-refractivity contribution in [3.63, 3.8) is 0 Å². The predicted molar refractivity (Wildman–Crippen MR) is 105 cm³/mol. The molecule has 1 unspecified atom stereocenters. The number of rotatable bonds is 3. The van der Waals surface area contributed by atoms with Gasteiger partial charge in [-0.3, -0.25) is 5.43 Å². The highest BCUT2D eigenvalue weighted by Crippen LogP contribution is 2.44. The molecular formula is C20H24ClN3. The number of hydrogen-bond acceptors (Lipinski definition) is 3. The lowest BCUT2D eigenvalue weighted by atomic mass is 9.80. The summed E-state index contributed by atoms with van der Waals surface area (Å²) in [6, 6.07) is 14.1. The molecule has 0 radical (unpaired) electrons. The molecule has 0 fully saturated rings. The Kier molecular flexibility index (Phi) is 4.55. The summed E-state index contributed by atoms with van der Waals surface area (Å²) in [6.45, 7) is 6.84. The van der Waals surface area contributed by atoms with Gasteiger partial charge in [0.05, 0.1) is 16.9 Å². The third-order valence-corrected chi connectivity index (χ3v) is 5.25. The molecule has 0 bridgehead atoms. The van der Waals surface area contributed by atoms with Crippen molar-refractivity contribution in [2.75, 3.05) is 17.4 Å². The molecule has 1 N–H and O–H groups in total. The molecular weight excluding hydrogens is 318 g/mol. The van der Waals surface area contributed by atoms with Crippen LogP contribution < -0.4 is 10.3 Å². The van der Waals surface area contributed by atoms with Gasteiger partial charge in [-0.15, -0.1) is 0 Å². The van der Waals surface area contributed by atoms with Gasteiger partial charge < -0.3 is 4.90 Å². The largest absolute Gasteiger partial charge is 0.369 e. The van der Waals surface area contributed by atoms with E-state index in [-0.39, 0.29) is 5.54 Å². The molecule has 3 rings (SSSR count). The van der Waals surface area contributed by atoms with E-state index in [0.717, 1.165) is 22.7 Å². The molecule has 0 saturated heterocycles. The van der Waals surface area contributed by atoms with Gasteiger partial charge in [-0.1, -0.05) is 36.7 Å². The summed E-state index contributed by atoms with van der Waals surface area (Å²) >= 11 is 6.50. The van der Waals surface area contributed by atoms with E-state index < -0.39 is 0 Å². The minimum Gasteiger partial charge on any atom is -0.369 e. The van der Waals surface area contributed by atoms with Gasteiger partial charge >= 0.3 is 0 Å². The molecule has 0 spiro atoms. The Morgan fingerprint density at radius 1 is 1.25 bits per heavy atom. The number of hydrogen-bond donors (Lipinski definition) is 1. The quantitative estimate of drug-likeness (QED) is 0.589. The van der Waals surface area contributed by atoms with Gasteiger partial charge in [0.25, 0.3) is 0 Å². The topological polar surface area (TPSA) is 27.6 Å². The van der Waals surface area contributed by atoms with Crippen molar-refractivity contribution in [3.8, 4) is 0 Å². The molecule has 1 heterocycles. The van der Waals surface area contributed by atoms with E-state index in [1.54, 1.807) is 6.21 Å². The number of nitrogens with one attached hydrogen (secondary N) is 1. The summed E-state index contributed by atoms with van der Waals surface area (Å²) < 4.78 is 0. The molecule has 1 aliphatic rings. The number of anilines is 2. The first-order valence-electron chi connectivity index (χ1n) is 8.30. The van der Waals surface area contributed by atoms with E-state index >= 15 is 0 Å². The number of para-hydroxylation sites is 1. The van der Waals surface area contributed by atoms with Crippen LogP contribution in [0.15, 0.2) is 47.6 Å². The highest BCUT2D eigenvalue weighted by Gasteiger charge is 2.34. The lowest BCUT2D eigenvalue weighted by molar-refractivity contribution is 0.395. The van der Waals surface area contributed by atoms with E-state index in [1.807, 2.05) is 30.3 Å². The third-order valence-electron chi connectivity index (χ3n) is 4.92. The summed E-state index contributed by atoms with van der Waals surface area (Å²) in [4.78, 5) is 2.33. The average Bonchev–Trinajstić information content (AvgIpc) is 2.54. The number of fused-ring (bicyclic) bond motifs is 1. The summed E-state index contributed by atoms with van der Waals surface area (Å²) in [5.41, 5.74) is 7.63. The van der Waals surface area contributed by atoms with Crippen molar-refractivity contribution in [3.05, 3.63) is 58.6 Å². The van der Waals surface area contributed by atoms with Crippen molar-refractivity contribution < 1.29 is 0 Å². The van der Waals surface area contributed by atoms with Crippen LogP contribution in [0.2, 0.25) is 5.02 Å². The number of benzene rings is 2. The Hall–Kier alpha value is -2.00. The standard InChI is InChI=1S/C20H24ClN3/c1-14-12-20(2,3)24(4)19-11-18(21)15(10-17(14)19)13-22-23-16-8-6-5-7-9-16/h5-11,13-14,23H,12H2,1-4H3/b22-13-. The Morgan fingerprint density at radius 3 is 2.67 bits per heavy atom. The molecule has 4 heteroatoms. The second-order valence-electron chi connectivity index (χ2n) is 7.15. The molecule has 3 nitrogen and oxygen atoms in total. The first-order chi connectivity index (χ1) is 11.4. The Balaban J connectivity index is 1.88. The molecule has 24 heavy (non-hydrogen) atoms. The lowest BCUT2D eigenvalue weighted by Crippen LogP contribution is -2.45. The Labute approximate surface area is 149 Å². The maximum atomic E-state index is 6.50. The molecule has 1 aliphatic heterocycles. The molecule has 2 aromatic rings. The summed E-state index contributed by atoms with van der Waals surface area (Å²) in [5, 5.41) is 5.05. The minimum absolute atomic E-state index is 0.139. The minimum atomic E-state index is 0.139. The van der Waals surface area contributed by atoms with Crippen LogP contribution in [0.25, 0.3) is 0 Å². The van der Waals surface area contributed by atoms with Gasteiger partial charge in [0.1, 0.15) is 0 Å². The Morgan fingerprint density at radius 2 is 1.96 bits per heavy atom. The maximum absolute atomic E-state index is 6.50. The summed E-state index contributed by atoms with van der Waals surface area (Å²) in [6.07, 6.45) is 2.92. The van der Waals surface area contributed by atoms with E-state index in [9.17, 15) is 0 Å². The molecule has 1 atom stereocenters. The van der Waals surface area contributed by atoms with Crippen molar-refractivity contribution in [1.82, 2.24) is 0 Å². The zero-order valence-corrected chi connectivity index (χ0v) is 15.4. The van der Waals surface area contributed by atoms with Crippen molar-refractivity contribution in [1.29, 1.82) is 0 Å². The van der Waals surface area contributed by atoms with E-state index in [0.29, 0.717) is 5.92 Å². The molecule has 0 aromatic heterocycles. The second kappa shape index (κ2) is 6.48. The van der Waals surface area contributed by atoms with Crippen LogP contribution in [-0.4, -0.2) is 18.8 Å². The monoisotopic (exact) mass is 341 g/mol. The van der Waals surface area contributed by atoms with Gasteiger partial charge in [0.2, 0.25) is 0 Å². The van der Waals surface area contributed by atoms with Crippen LogP contribution in [0.5, 0.6) is 0 Å². The summed E-state index contributed by atoms with van der Waals surface area (Å²) in [7, 11) is 2.14. The maximum Gasteiger partial charge on any atom is 0.0561 e. The van der Waals surface area contributed by atoms with Crippen molar-refractivity contribution >= 4 is 29.2 Å². The molecule has 0 amide bonds. The van der Waals surface area contributed by atoms with Crippen LogP contribution in [0.4, 0.5) is 11.4 Å². The Bertz CT molecular complexity index is 753. The normalized spacial score (nSPS) is 19.4. The van der Waals surface area contributed by atoms with Crippen LogP contribution in [0.3, 0.4) is 0 Å². The number of halogens is 1. The average molecular weight is 342 g/mol. The summed E-state index contributed by atoms with van der Waals surface area (Å²) in [5.74, 6) is 0.498. The third kappa shape index (κ3) is 3.27. The first kappa shape index (κ1) is 16.8. The van der Waals surface area contributed by atoms with Crippen molar-refractivity contribution in [2.45, 2.75) is 38.6 Å². The highest BCUT2D eigenvalue weighted by molar-refractivity contribution is 6.33. The predicted octanol–water partition coefficient (Wildman–Crippen LogP) is 5.51. The molecule has 0 saturated carbocycles. The molecule has 0 aliphatic carbocycles. The smallest absolute Gasteiger partial charge is 0.0561 e. The van der Waals surface area contributed by atoms with E-state index in [1.165, 1.54) is 11.3 Å². The molecule has 2 aromatic carbocycles. The zero-order chi connectivity index (χ0) is 17.3. The van der Waals surface area contributed by atoms with E-state index in [2.05, 4.69) is 55.4 Å². The van der Waals surface area contributed by atoms with Crippen molar-refractivity contribution in [2.24, 2.45) is 5.10 Å². The lowest BCUT2D eigenvalue weighted by Gasteiger charge is -2.45. The number of hydrazone groups is 1. The fourth-order valence-corrected chi connectivity index (χ4v) is 3.60. The van der Waals surface area contributed by atoms with Crippen LogP contribution in [0, 0.1) is 0 Å². The van der Waals surface area contributed by atoms with Gasteiger partial charge in [0.15, 0.2) is 0 Å².